The van der Waals surface area contributed by atoms with E-state index in [-0.39, 0.29) is 0 Å². The number of nitrogens with two attached hydrogens (primary N) is 1. The molecule has 0 aliphatic rings. The summed E-state index contributed by atoms with van der Waals surface area (Å²) in [5.41, 5.74) is 7.40. The van der Waals surface area contributed by atoms with Crippen LogP contribution in [0.15, 0.2) is 18.0 Å². The zero-order chi connectivity index (χ0) is 14.3. The molecule has 6 heteroatoms. The van der Waals surface area contributed by atoms with Crippen LogP contribution in [0.25, 0.3) is 0 Å². The number of hydrogen-bond acceptors (Lipinski definition) is 5. The van der Waals surface area contributed by atoms with E-state index in [4.69, 9.17) is 10.5 Å². The third-order valence-corrected chi connectivity index (χ3v) is 2.70. The summed E-state index contributed by atoms with van der Waals surface area (Å²) in [5.74, 6) is 1.02. The molecule has 0 aromatic carbocycles. The van der Waals surface area contributed by atoms with Gasteiger partial charge in [-0.15, -0.1) is 0 Å². The van der Waals surface area contributed by atoms with Gasteiger partial charge in [0.25, 0.3) is 0 Å². The minimum absolute atomic E-state index is 0.366. The van der Waals surface area contributed by atoms with Crippen molar-refractivity contribution in [1.82, 2.24) is 14.9 Å². The van der Waals surface area contributed by atoms with Crippen molar-refractivity contribution in [3.63, 3.8) is 0 Å². The number of aryl methyl sites for hydroxylation is 1. The first-order valence-electron chi connectivity index (χ1n) is 6.04. The lowest BCUT2D eigenvalue weighted by atomic mass is 10.2. The van der Waals surface area contributed by atoms with Gasteiger partial charge in [-0.25, -0.2) is 9.97 Å². The summed E-state index contributed by atoms with van der Waals surface area (Å²) in [6.07, 6.45) is 5.13. The largest absolute Gasteiger partial charge is 0.384 e. The van der Waals surface area contributed by atoms with Gasteiger partial charge in [0.05, 0.1) is 6.54 Å². The molecule has 1 aromatic heterocycles. The van der Waals surface area contributed by atoms with Gasteiger partial charge in [-0.3, -0.25) is 4.79 Å². The molecule has 0 atom stereocenters. The van der Waals surface area contributed by atoms with Crippen LogP contribution in [0.3, 0.4) is 0 Å². The topological polar surface area (TPSA) is 81.3 Å². The van der Waals surface area contributed by atoms with Crippen LogP contribution in [0.4, 0.5) is 5.82 Å². The number of ether oxygens (including phenoxy) is 1. The van der Waals surface area contributed by atoms with Gasteiger partial charge in [0.2, 0.25) is 6.41 Å². The summed E-state index contributed by atoms with van der Waals surface area (Å²) < 4.78 is 4.96. The standard InChI is InChI=1S/C13H20N4O2/c1-10(5-4-6-19-3)17(9-18)8-12-7-15-11(2)16-13(12)14/h5,7,9H,4,6,8H2,1-3H3,(H2,14,15,16)/b10-5-. The molecule has 6 nitrogen and oxygen atoms in total. The highest BCUT2D eigenvalue weighted by Crippen LogP contribution is 2.13. The lowest BCUT2D eigenvalue weighted by Gasteiger charge is -2.18. The molecule has 0 unspecified atom stereocenters. The van der Waals surface area contributed by atoms with E-state index in [1.807, 2.05) is 13.0 Å². The molecule has 0 radical (unpaired) electrons. The summed E-state index contributed by atoms with van der Waals surface area (Å²) >= 11 is 0. The van der Waals surface area contributed by atoms with E-state index in [1.54, 1.807) is 25.1 Å². The van der Waals surface area contributed by atoms with Crippen LogP contribution in [0.2, 0.25) is 0 Å². The molecule has 0 saturated carbocycles. The number of carbonyl (C=O) groups is 1. The van der Waals surface area contributed by atoms with Crippen molar-refractivity contribution in [2.24, 2.45) is 0 Å². The number of allylic oxidation sites excluding steroid dienone is 1. The maximum absolute atomic E-state index is 11.1. The Bertz CT molecular complexity index is 460. The number of anilines is 1. The van der Waals surface area contributed by atoms with E-state index in [1.165, 1.54) is 0 Å². The molecule has 0 aliphatic heterocycles. The summed E-state index contributed by atoms with van der Waals surface area (Å²) in [7, 11) is 1.64. The first kappa shape index (κ1) is 15.1. The first-order chi connectivity index (χ1) is 9.08. The predicted molar refractivity (Wildman–Crippen MR) is 73.0 cm³/mol. The number of nitrogen functional groups attached to an aromatic ring is 1. The van der Waals surface area contributed by atoms with Gasteiger partial charge in [0, 0.05) is 31.2 Å². The van der Waals surface area contributed by atoms with E-state index in [9.17, 15) is 4.79 Å². The third kappa shape index (κ3) is 4.67. The summed E-state index contributed by atoms with van der Waals surface area (Å²) in [5, 5.41) is 0. The number of carbonyl (C=O) groups excluding carboxylic acids is 1. The minimum atomic E-state index is 0.366. The Labute approximate surface area is 113 Å². The SMILES string of the molecule is COCC/C=C(/C)N(C=O)Cc1cnc(C)nc1N. The number of rotatable bonds is 7. The van der Waals surface area contributed by atoms with Gasteiger partial charge in [0.1, 0.15) is 11.6 Å². The highest BCUT2D eigenvalue weighted by atomic mass is 16.5. The Balaban J connectivity index is 2.76. The average molecular weight is 264 g/mol. The van der Waals surface area contributed by atoms with E-state index >= 15 is 0 Å². The molecule has 0 saturated heterocycles. The van der Waals surface area contributed by atoms with Crippen LogP contribution in [0, 0.1) is 6.92 Å². The smallest absolute Gasteiger partial charge is 0.214 e. The van der Waals surface area contributed by atoms with Gasteiger partial charge in [-0.05, 0) is 20.3 Å². The monoisotopic (exact) mass is 264 g/mol. The zero-order valence-electron chi connectivity index (χ0n) is 11.6. The number of aromatic nitrogens is 2. The average Bonchev–Trinajstić information content (AvgIpc) is 2.38. The van der Waals surface area contributed by atoms with Gasteiger partial charge in [-0.2, -0.15) is 0 Å². The maximum Gasteiger partial charge on any atom is 0.214 e. The van der Waals surface area contributed by atoms with Crippen LogP contribution in [-0.4, -0.2) is 35.0 Å². The van der Waals surface area contributed by atoms with Crippen LogP contribution in [0.1, 0.15) is 24.7 Å². The summed E-state index contributed by atoms with van der Waals surface area (Å²) in [4.78, 5) is 20.9. The second-order valence-corrected chi connectivity index (χ2v) is 4.19. The van der Waals surface area contributed by atoms with Crippen molar-refractivity contribution < 1.29 is 9.53 Å². The highest BCUT2D eigenvalue weighted by molar-refractivity contribution is 5.52. The van der Waals surface area contributed by atoms with Gasteiger partial charge < -0.3 is 15.4 Å². The molecule has 0 aliphatic carbocycles. The van der Waals surface area contributed by atoms with Crippen molar-refractivity contribution in [2.45, 2.75) is 26.8 Å². The Hall–Kier alpha value is -1.95. The van der Waals surface area contributed by atoms with Gasteiger partial charge >= 0.3 is 0 Å². The molecule has 0 spiro atoms. The summed E-state index contributed by atoms with van der Waals surface area (Å²) in [6.45, 7) is 4.63. The van der Waals surface area contributed by atoms with Crippen LogP contribution in [-0.2, 0) is 16.1 Å². The van der Waals surface area contributed by atoms with E-state index in [0.717, 1.165) is 24.1 Å². The molecule has 2 N–H and O–H groups in total. The molecule has 0 fully saturated rings. The number of nitrogens with zero attached hydrogens (tertiary/aromatic N) is 3. The first-order valence-corrected chi connectivity index (χ1v) is 6.04. The molecular formula is C13H20N4O2. The van der Waals surface area contributed by atoms with Gasteiger partial charge in [-0.1, -0.05) is 6.08 Å². The van der Waals surface area contributed by atoms with Crippen LogP contribution < -0.4 is 5.73 Å². The second kappa shape index (κ2) is 7.48. The fourth-order valence-electron chi connectivity index (χ4n) is 1.57. The fourth-order valence-corrected chi connectivity index (χ4v) is 1.57. The molecule has 1 heterocycles. The van der Waals surface area contributed by atoms with Crippen molar-refractivity contribution in [3.8, 4) is 0 Å². The van der Waals surface area contributed by atoms with Gasteiger partial charge in [0.15, 0.2) is 0 Å². The Morgan fingerprint density at radius 3 is 2.89 bits per heavy atom. The molecule has 1 amide bonds. The zero-order valence-corrected chi connectivity index (χ0v) is 11.6. The highest BCUT2D eigenvalue weighted by Gasteiger charge is 2.09. The van der Waals surface area contributed by atoms with E-state index < -0.39 is 0 Å². The Morgan fingerprint density at radius 2 is 2.32 bits per heavy atom. The molecule has 19 heavy (non-hydrogen) atoms. The fraction of sp³-hybridized carbons (Fsp3) is 0.462. The second-order valence-electron chi connectivity index (χ2n) is 4.19. The number of methoxy groups -OCH3 is 1. The Kier molecular flexibility index (Phi) is 5.95. The van der Waals surface area contributed by atoms with Crippen molar-refractivity contribution >= 4 is 12.2 Å². The number of hydrogen-bond donors (Lipinski definition) is 1. The van der Waals surface area contributed by atoms with Crippen LogP contribution in [0.5, 0.6) is 0 Å². The van der Waals surface area contributed by atoms with E-state index in [0.29, 0.717) is 24.8 Å². The molecule has 0 bridgehead atoms. The third-order valence-electron chi connectivity index (χ3n) is 2.70. The van der Waals surface area contributed by atoms with Crippen molar-refractivity contribution in [3.05, 3.63) is 29.4 Å². The quantitative estimate of drug-likeness (QED) is 0.592. The van der Waals surface area contributed by atoms with Crippen molar-refractivity contribution in [1.29, 1.82) is 0 Å². The Morgan fingerprint density at radius 1 is 1.58 bits per heavy atom. The normalized spacial score (nSPS) is 11.4. The number of amides is 1. The predicted octanol–water partition coefficient (Wildman–Crippen LogP) is 1.27. The molecule has 1 aromatic rings. The maximum atomic E-state index is 11.1. The minimum Gasteiger partial charge on any atom is -0.384 e. The molecule has 104 valence electrons. The summed E-state index contributed by atoms with van der Waals surface area (Å²) in [6, 6.07) is 0. The lowest BCUT2D eigenvalue weighted by Crippen LogP contribution is -2.20. The van der Waals surface area contributed by atoms with Crippen molar-refractivity contribution in [2.75, 3.05) is 19.5 Å². The van der Waals surface area contributed by atoms with E-state index in [2.05, 4.69) is 9.97 Å². The molecule has 1 rings (SSSR count). The van der Waals surface area contributed by atoms with Crippen LogP contribution >= 0.6 is 0 Å². The molecular weight excluding hydrogens is 244 g/mol. The lowest BCUT2D eigenvalue weighted by molar-refractivity contribution is -0.116.